The fourth-order valence-corrected chi connectivity index (χ4v) is 3.91. The van der Waals surface area contributed by atoms with Crippen molar-refractivity contribution >= 4 is 22.8 Å². The van der Waals surface area contributed by atoms with E-state index in [1.165, 1.54) is 14.7 Å². The molecule has 1 atom stereocenters. The Hall–Kier alpha value is -2.83. The van der Waals surface area contributed by atoms with Crippen LogP contribution in [0.25, 0.3) is 11.2 Å². The van der Waals surface area contributed by atoms with E-state index in [2.05, 4.69) is 43.0 Å². The maximum atomic E-state index is 13.0. The molecule has 0 saturated carbocycles. The average molecular weight is 367 g/mol. The number of rotatable bonds is 3. The molecule has 1 aliphatic heterocycles. The monoisotopic (exact) mass is 367 g/mol. The lowest BCUT2D eigenvalue weighted by Crippen LogP contribution is -2.40. The van der Waals surface area contributed by atoms with E-state index in [9.17, 15) is 9.59 Å². The van der Waals surface area contributed by atoms with E-state index in [4.69, 9.17) is 4.98 Å². The van der Waals surface area contributed by atoms with Crippen molar-refractivity contribution in [3.05, 3.63) is 50.7 Å². The molecule has 0 radical (unpaired) electrons. The summed E-state index contributed by atoms with van der Waals surface area (Å²) in [5.74, 6) is 1.08. The third-order valence-electron chi connectivity index (χ3n) is 5.41. The van der Waals surface area contributed by atoms with Crippen molar-refractivity contribution in [3.8, 4) is 0 Å². The van der Waals surface area contributed by atoms with Gasteiger partial charge in [0.1, 0.15) is 0 Å². The van der Waals surface area contributed by atoms with Gasteiger partial charge in [-0.15, -0.1) is 0 Å². The van der Waals surface area contributed by atoms with Crippen LogP contribution in [0, 0.1) is 5.92 Å². The van der Waals surface area contributed by atoms with Crippen molar-refractivity contribution in [1.29, 1.82) is 0 Å². The number of hydrogen-bond acceptors (Lipinski definition) is 4. The van der Waals surface area contributed by atoms with Crippen molar-refractivity contribution in [1.82, 2.24) is 18.7 Å². The molecule has 142 valence electrons. The molecule has 0 amide bonds. The number of aromatic nitrogens is 4. The Bertz CT molecular complexity index is 1120. The summed E-state index contributed by atoms with van der Waals surface area (Å²) in [6.45, 7) is 8.00. The van der Waals surface area contributed by atoms with Gasteiger partial charge in [0, 0.05) is 32.4 Å². The van der Waals surface area contributed by atoms with Gasteiger partial charge in [0.2, 0.25) is 5.95 Å². The molecule has 0 saturated heterocycles. The maximum absolute atomic E-state index is 13.0. The molecular weight excluding hydrogens is 342 g/mol. The Morgan fingerprint density at radius 1 is 1.11 bits per heavy atom. The van der Waals surface area contributed by atoms with Crippen LogP contribution < -0.4 is 16.1 Å². The molecule has 27 heavy (non-hydrogen) atoms. The van der Waals surface area contributed by atoms with Crippen LogP contribution in [0.3, 0.4) is 0 Å². The fraction of sp³-hybridized carbons (Fsp3) is 0.450. The lowest BCUT2D eigenvalue weighted by molar-refractivity contribution is 0.458. The average Bonchev–Trinajstić information content (AvgIpc) is 3.06. The van der Waals surface area contributed by atoms with Crippen LogP contribution in [0.2, 0.25) is 0 Å². The van der Waals surface area contributed by atoms with Crippen molar-refractivity contribution in [2.45, 2.75) is 40.3 Å². The van der Waals surface area contributed by atoms with Crippen LogP contribution in [-0.4, -0.2) is 25.2 Å². The highest BCUT2D eigenvalue weighted by molar-refractivity contribution is 5.77. The van der Waals surface area contributed by atoms with E-state index < -0.39 is 0 Å². The van der Waals surface area contributed by atoms with Crippen LogP contribution in [0.5, 0.6) is 0 Å². The fourth-order valence-electron chi connectivity index (χ4n) is 3.91. The number of benzene rings is 1. The normalized spacial score (nSPS) is 16.7. The first kappa shape index (κ1) is 17.6. The van der Waals surface area contributed by atoms with Gasteiger partial charge >= 0.3 is 5.69 Å². The van der Waals surface area contributed by atoms with Gasteiger partial charge in [-0.05, 0) is 37.0 Å². The van der Waals surface area contributed by atoms with Gasteiger partial charge in [0.15, 0.2) is 11.2 Å². The zero-order valence-electron chi connectivity index (χ0n) is 16.3. The first-order chi connectivity index (χ1) is 13.0. The van der Waals surface area contributed by atoms with Crippen LogP contribution in [0.15, 0.2) is 33.9 Å². The first-order valence-corrected chi connectivity index (χ1v) is 9.52. The predicted octanol–water partition coefficient (Wildman–Crippen LogP) is 2.27. The molecule has 1 unspecified atom stereocenters. The van der Waals surface area contributed by atoms with Crippen molar-refractivity contribution in [3.63, 3.8) is 0 Å². The molecule has 0 fully saturated rings. The Morgan fingerprint density at radius 3 is 2.44 bits per heavy atom. The minimum absolute atomic E-state index is 0.260. The molecule has 0 aliphatic carbocycles. The number of anilines is 2. The molecular formula is C20H25N5O2. The highest BCUT2D eigenvalue weighted by Crippen LogP contribution is 2.32. The number of aryl methyl sites for hydroxylation is 2. The second kappa shape index (κ2) is 6.40. The third-order valence-corrected chi connectivity index (χ3v) is 5.41. The van der Waals surface area contributed by atoms with E-state index in [-0.39, 0.29) is 11.2 Å². The van der Waals surface area contributed by atoms with Crippen LogP contribution in [0.1, 0.15) is 26.3 Å². The summed E-state index contributed by atoms with van der Waals surface area (Å²) in [5.41, 5.74) is 2.72. The summed E-state index contributed by atoms with van der Waals surface area (Å²) in [5, 5.41) is 0. The Labute approximate surface area is 157 Å². The molecule has 4 rings (SSSR count). The van der Waals surface area contributed by atoms with E-state index >= 15 is 0 Å². The zero-order valence-corrected chi connectivity index (χ0v) is 16.3. The second-order valence-corrected chi connectivity index (χ2v) is 7.32. The highest BCUT2D eigenvalue weighted by atomic mass is 16.2. The van der Waals surface area contributed by atoms with Crippen molar-refractivity contribution in [2.75, 3.05) is 11.4 Å². The minimum Gasteiger partial charge on any atom is -0.312 e. The summed E-state index contributed by atoms with van der Waals surface area (Å²) in [6, 6.07) is 8.46. The second-order valence-electron chi connectivity index (χ2n) is 7.32. The predicted molar refractivity (Wildman–Crippen MR) is 107 cm³/mol. The quantitative estimate of drug-likeness (QED) is 0.712. The van der Waals surface area contributed by atoms with E-state index in [1.54, 1.807) is 7.05 Å². The molecule has 2 aromatic heterocycles. The summed E-state index contributed by atoms with van der Waals surface area (Å²) >= 11 is 0. The molecule has 3 heterocycles. The number of hydrogen-bond donors (Lipinski definition) is 0. The van der Waals surface area contributed by atoms with Crippen LogP contribution in [0.4, 0.5) is 11.6 Å². The van der Waals surface area contributed by atoms with Gasteiger partial charge in [0.05, 0.1) is 0 Å². The Morgan fingerprint density at radius 2 is 1.81 bits per heavy atom. The van der Waals surface area contributed by atoms with Crippen LogP contribution in [-0.2, 0) is 26.6 Å². The van der Waals surface area contributed by atoms with Gasteiger partial charge in [-0.2, -0.15) is 4.98 Å². The molecule has 1 aliphatic rings. The lowest BCUT2D eigenvalue weighted by atomic mass is 10.1. The molecule has 0 N–H and O–H groups in total. The maximum Gasteiger partial charge on any atom is 0.332 e. The minimum atomic E-state index is -0.322. The standard InChI is InChI=1S/C20H25N5O2/c1-5-14-7-9-15(10-8-14)24-11-13(3)12-25-16-17(21-19(24)25)22(4)20(27)23(6-2)18(16)26/h7-10,13H,5-6,11-12H2,1-4H3. The van der Waals surface area contributed by atoms with Gasteiger partial charge in [-0.1, -0.05) is 26.0 Å². The largest absolute Gasteiger partial charge is 0.332 e. The van der Waals surface area contributed by atoms with Gasteiger partial charge in [-0.25, -0.2) is 4.79 Å². The van der Waals surface area contributed by atoms with Gasteiger partial charge in [0.25, 0.3) is 5.56 Å². The third kappa shape index (κ3) is 2.60. The lowest BCUT2D eigenvalue weighted by Gasteiger charge is -2.33. The van der Waals surface area contributed by atoms with Crippen molar-refractivity contribution < 1.29 is 0 Å². The zero-order chi connectivity index (χ0) is 19.3. The number of nitrogens with zero attached hydrogens (tertiary/aromatic N) is 5. The summed E-state index contributed by atoms with van der Waals surface area (Å²) in [6.07, 6.45) is 0.994. The molecule has 0 bridgehead atoms. The van der Waals surface area contributed by atoms with E-state index in [0.29, 0.717) is 30.2 Å². The molecule has 0 spiro atoms. The number of imidazole rings is 1. The summed E-state index contributed by atoms with van der Waals surface area (Å²) in [4.78, 5) is 32.3. The van der Waals surface area contributed by atoms with Gasteiger partial charge in [-0.3, -0.25) is 13.9 Å². The first-order valence-electron chi connectivity index (χ1n) is 9.52. The molecule has 1 aromatic carbocycles. The molecule has 7 nitrogen and oxygen atoms in total. The van der Waals surface area contributed by atoms with E-state index in [0.717, 1.165) is 24.6 Å². The van der Waals surface area contributed by atoms with Crippen molar-refractivity contribution in [2.24, 2.45) is 13.0 Å². The Balaban J connectivity index is 1.98. The Kier molecular flexibility index (Phi) is 4.17. The number of fused-ring (bicyclic) bond motifs is 3. The molecule has 7 heteroatoms. The SMILES string of the molecule is CCc1ccc(N2CC(C)Cn3c2nc2c3c(=O)n(CC)c(=O)n2C)cc1. The van der Waals surface area contributed by atoms with Crippen LogP contribution >= 0.6 is 0 Å². The summed E-state index contributed by atoms with van der Waals surface area (Å²) < 4.78 is 4.73. The topological polar surface area (TPSA) is 65.1 Å². The molecule has 3 aromatic rings. The van der Waals surface area contributed by atoms with Gasteiger partial charge < -0.3 is 9.47 Å². The van der Waals surface area contributed by atoms with E-state index in [1.807, 2.05) is 11.5 Å². The smallest absolute Gasteiger partial charge is 0.312 e. The summed E-state index contributed by atoms with van der Waals surface area (Å²) in [7, 11) is 1.68. The highest BCUT2D eigenvalue weighted by Gasteiger charge is 2.29.